The summed E-state index contributed by atoms with van der Waals surface area (Å²) in [6.45, 7) is 6.14. The van der Waals surface area contributed by atoms with Crippen molar-refractivity contribution in [2.45, 2.75) is 56.6 Å². The monoisotopic (exact) mass is 439 g/mol. The largest absolute Gasteiger partial charge is 0.495 e. The highest BCUT2D eigenvalue weighted by Crippen LogP contribution is 2.29. The molecule has 0 bridgehead atoms. The van der Waals surface area contributed by atoms with E-state index in [4.69, 9.17) is 9.47 Å². The lowest BCUT2D eigenvalue weighted by Gasteiger charge is -2.35. The Hall–Kier alpha value is -1.84. The molecular formula is C21H33N3O5S. The summed E-state index contributed by atoms with van der Waals surface area (Å²) < 4.78 is 38.9. The first kappa shape index (κ1) is 22.8. The van der Waals surface area contributed by atoms with Gasteiger partial charge in [-0.3, -0.25) is 4.79 Å². The fourth-order valence-corrected chi connectivity index (χ4v) is 5.62. The summed E-state index contributed by atoms with van der Waals surface area (Å²) in [6.07, 6.45) is 3.87. The van der Waals surface area contributed by atoms with Gasteiger partial charge in [0.25, 0.3) is 0 Å². The Morgan fingerprint density at radius 2 is 1.77 bits per heavy atom. The Bertz CT molecular complexity index is 827. The molecule has 8 nitrogen and oxygen atoms in total. The second-order valence-corrected chi connectivity index (χ2v) is 10.0. The van der Waals surface area contributed by atoms with Crippen LogP contribution in [0.1, 0.15) is 39.5 Å². The molecule has 2 saturated heterocycles. The molecule has 1 N–H and O–H groups in total. The summed E-state index contributed by atoms with van der Waals surface area (Å²) in [6, 6.07) is 4.77. The molecule has 9 heteroatoms. The summed E-state index contributed by atoms with van der Waals surface area (Å²) in [5.74, 6) is 0.446. The lowest BCUT2D eigenvalue weighted by Crippen LogP contribution is -2.49. The fourth-order valence-electron chi connectivity index (χ4n) is 4.08. The van der Waals surface area contributed by atoms with Crippen LogP contribution in [0.25, 0.3) is 0 Å². The number of sulfonamides is 1. The number of methoxy groups -OCH3 is 1. The van der Waals surface area contributed by atoms with Crippen LogP contribution in [0.5, 0.6) is 5.75 Å². The van der Waals surface area contributed by atoms with Crippen molar-refractivity contribution in [2.75, 3.05) is 45.2 Å². The Labute approximate surface area is 179 Å². The summed E-state index contributed by atoms with van der Waals surface area (Å²) in [7, 11) is -2.06. The first-order valence-corrected chi connectivity index (χ1v) is 12.1. The van der Waals surface area contributed by atoms with Crippen LogP contribution in [0.4, 0.5) is 5.69 Å². The molecule has 2 aliphatic rings. The van der Waals surface area contributed by atoms with Gasteiger partial charge in [0, 0.05) is 26.2 Å². The third-order valence-corrected chi connectivity index (χ3v) is 7.47. The minimum atomic E-state index is -3.58. The van der Waals surface area contributed by atoms with Gasteiger partial charge in [-0.1, -0.05) is 12.8 Å². The molecule has 0 aromatic heterocycles. The van der Waals surface area contributed by atoms with E-state index in [0.717, 1.165) is 25.7 Å². The van der Waals surface area contributed by atoms with E-state index < -0.39 is 10.0 Å². The molecule has 2 unspecified atom stereocenters. The average molecular weight is 440 g/mol. The van der Waals surface area contributed by atoms with Gasteiger partial charge < -0.3 is 19.7 Å². The van der Waals surface area contributed by atoms with Gasteiger partial charge in [0.2, 0.25) is 15.9 Å². The van der Waals surface area contributed by atoms with Gasteiger partial charge in [0.15, 0.2) is 0 Å². The number of hydrogen-bond acceptors (Lipinski definition) is 6. The van der Waals surface area contributed by atoms with E-state index in [1.165, 1.54) is 7.11 Å². The minimum Gasteiger partial charge on any atom is -0.495 e. The molecule has 168 valence electrons. The van der Waals surface area contributed by atoms with Crippen molar-refractivity contribution < 1.29 is 22.7 Å². The zero-order chi connectivity index (χ0) is 21.7. The zero-order valence-corrected chi connectivity index (χ0v) is 18.9. The van der Waals surface area contributed by atoms with Crippen LogP contribution in [-0.4, -0.2) is 75.6 Å². The molecule has 1 aromatic rings. The molecule has 0 saturated carbocycles. The van der Waals surface area contributed by atoms with Gasteiger partial charge in [0.05, 0.1) is 36.4 Å². The van der Waals surface area contributed by atoms with Crippen molar-refractivity contribution in [2.24, 2.45) is 0 Å². The number of nitrogens with zero attached hydrogens (tertiary/aromatic N) is 2. The lowest BCUT2D eigenvalue weighted by atomic mass is 10.2. The zero-order valence-electron chi connectivity index (χ0n) is 18.1. The van der Waals surface area contributed by atoms with E-state index in [2.05, 4.69) is 5.32 Å². The van der Waals surface area contributed by atoms with Gasteiger partial charge >= 0.3 is 0 Å². The van der Waals surface area contributed by atoms with E-state index in [0.29, 0.717) is 37.6 Å². The Kier molecular flexibility index (Phi) is 7.60. The van der Waals surface area contributed by atoms with Crippen molar-refractivity contribution in [3.05, 3.63) is 18.2 Å². The van der Waals surface area contributed by atoms with Crippen LogP contribution in [0, 0.1) is 0 Å². The molecule has 0 aliphatic carbocycles. The highest BCUT2D eigenvalue weighted by molar-refractivity contribution is 7.89. The number of rotatable bonds is 6. The molecule has 2 aliphatic heterocycles. The Morgan fingerprint density at radius 3 is 2.37 bits per heavy atom. The molecule has 1 amide bonds. The van der Waals surface area contributed by atoms with Crippen molar-refractivity contribution in [1.29, 1.82) is 0 Å². The van der Waals surface area contributed by atoms with Crippen LogP contribution < -0.4 is 10.1 Å². The predicted octanol–water partition coefficient (Wildman–Crippen LogP) is 2.31. The lowest BCUT2D eigenvalue weighted by molar-refractivity contribution is -0.141. The van der Waals surface area contributed by atoms with E-state index in [1.54, 1.807) is 27.4 Å². The van der Waals surface area contributed by atoms with Gasteiger partial charge in [-0.05, 0) is 44.9 Å². The smallest absolute Gasteiger partial charge is 0.243 e. The molecule has 30 heavy (non-hydrogen) atoms. The van der Waals surface area contributed by atoms with E-state index in [1.807, 2.05) is 13.8 Å². The number of carbonyl (C=O) groups excluding carboxylic acids is 1. The predicted molar refractivity (Wildman–Crippen MR) is 115 cm³/mol. The number of benzene rings is 1. The maximum Gasteiger partial charge on any atom is 0.243 e. The van der Waals surface area contributed by atoms with Crippen LogP contribution in [-0.2, 0) is 19.6 Å². The van der Waals surface area contributed by atoms with Gasteiger partial charge in [0.1, 0.15) is 5.75 Å². The number of nitrogens with one attached hydrogen (secondary N) is 1. The molecule has 0 radical (unpaired) electrons. The normalized spacial score (nSPS) is 23.6. The van der Waals surface area contributed by atoms with Crippen molar-refractivity contribution in [1.82, 2.24) is 9.21 Å². The summed E-state index contributed by atoms with van der Waals surface area (Å²) in [5.41, 5.74) is 0.496. The summed E-state index contributed by atoms with van der Waals surface area (Å²) in [5, 5.41) is 3.08. The average Bonchev–Trinajstić information content (AvgIpc) is 3.01. The van der Waals surface area contributed by atoms with E-state index >= 15 is 0 Å². The second kappa shape index (κ2) is 9.98. The third-order valence-electron chi connectivity index (χ3n) is 5.58. The Morgan fingerprint density at radius 1 is 1.13 bits per heavy atom. The second-order valence-electron chi connectivity index (χ2n) is 8.09. The maximum absolute atomic E-state index is 13.1. The molecule has 1 aromatic carbocycles. The third kappa shape index (κ3) is 5.44. The van der Waals surface area contributed by atoms with Crippen LogP contribution in [0.15, 0.2) is 23.1 Å². The molecular weight excluding hydrogens is 406 g/mol. The number of ether oxygens (including phenoxy) is 2. The molecule has 0 spiro atoms. The van der Waals surface area contributed by atoms with Crippen LogP contribution in [0.2, 0.25) is 0 Å². The summed E-state index contributed by atoms with van der Waals surface area (Å²) in [4.78, 5) is 14.7. The standard InChI is InChI=1S/C21H33N3O5S/c1-16-14-23(15-17(2)29-16)21(25)13-22-19-12-18(8-9-20(19)28-3)30(26,27)24-10-6-4-5-7-11-24/h8-9,12,16-17,22H,4-7,10-11,13-15H2,1-3H3. The fraction of sp³-hybridized carbons (Fsp3) is 0.667. The number of morpholine rings is 1. The van der Waals surface area contributed by atoms with Crippen molar-refractivity contribution in [3.63, 3.8) is 0 Å². The number of hydrogen-bond donors (Lipinski definition) is 1. The molecule has 2 heterocycles. The van der Waals surface area contributed by atoms with Gasteiger partial charge in [-0.2, -0.15) is 4.31 Å². The number of amides is 1. The van der Waals surface area contributed by atoms with Crippen molar-refractivity contribution in [3.8, 4) is 5.75 Å². The SMILES string of the molecule is COc1ccc(S(=O)(=O)N2CCCCCC2)cc1NCC(=O)N1CC(C)OC(C)C1. The highest BCUT2D eigenvalue weighted by Gasteiger charge is 2.27. The number of carbonyl (C=O) groups is 1. The highest BCUT2D eigenvalue weighted by atomic mass is 32.2. The van der Waals surface area contributed by atoms with Gasteiger partial charge in [-0.25, -0.2) is 8.42 Å². The summed E-state index contributed by atoms with van der Waals surface area (Å²) >= 11 is 0. The number of anilines is 1. The van der Waals surface area contributed by atoms with Crippen LogP contribution >= 0.6 is 0 Å². The Balaban J connectivity index is 1.73. The first-order valence-electron chi connectivity index (χ1n) is 10.7. The maximum atomic E-state index is 13.1. The van der Waals surface area contributed by atoms with E-state index in [-0.39, 0.29) is 29.6 Å². The van der Waals surface area contributed by atoms with E-state index in [9.17, 15) is 13.2 Å². The van der Waals surface area contributed by atoms with Gasteiger partial charge in [-0.15, -0.1) is 0 Å². The topological polar surface area (TPSA) is 88.2 Å². The molecule has 2 fully saturated rings. The first-order chi connectivity index (χ1) is 14.3. The van der Waals surface area contributed by atoms with Crippen LogP contribution in [0.3, 0.4) is 0 Å². The minimum absolute atomic E-state index is 0.00525. The molecule has 3 rings (SSSR count). The quantitative estimate of drug-likeness (QED) is 0.732. The van der Waals surface area contributed by atoms with Crippen molar-refractivity contribution >= 4 is 21.6 Å². The molecule has 2 atom stereocenters.